The second-order valence-electron chi connectivity index (χ2n) is 3.80. The van der Waals surface area contributed by atoms with E-state index >= 15 is 0 Å². The van der Waals surface area contributed by atoms with E-state index in [2.05, 4.69) is 0 Å². The molecule has 0 aromatic carbocycles. The van der Waals surface area contributed by atoms with Crippen LogP contribution in [0.5, 0.6) is 0 Å². The SMILES string of the molecule is CCC(CC)C(O)C(=O)Cc1ccoc1. The smallest absolute Gasteiger partial charge is 0.166 e. The molecule has 1 aromatic rings. The third kappa shape index (κ3) is 3.20. The fourth-order valence-electron chi connectivity index (χ4n) is 1.70. The Morgan fingerprint density at radius 3 is 2.60 bits per heavy atom. The largest absolute Gasteiger partial charge is 0.472 e. The van der Waals surface area contributed by atoms with Gasteiger partial charge in [0.25, 0.3) is 0 Å². The van der Waals surface area contributed by atoms with Gasteiger partial charge in [-0.05, 0) is 17.5 Å². The summed E-state index contributed by atoms with van der Waals surface area (Å²) in [6.45, 7) is 3.98. The van der Waals surface area contributed by atoms with Gasteiger partial charge in [0.15, 0.2) is 5.78 Å². The highest BCUT2D eigenvalue weighted by atomic mass is 16.3. The van der Waals surface area contributed by atoms with E-state index in [1.54, 1.807) is 6.07 Å². The molecule has 0 aliphatic heterocycles. The Bertz CT molecular complexity index is 286. The van der Waals surface area contributed by atoms with Gasteiger partial charge >= 0.3 is 0 Å². The molecule has 0 fully saturated rings. The minimum absolute atomic E-state index is 0.0735. The average molecular weight is 210 g/mol. The molecule has 3 heteroatoms. The van der Waals surface area contributed by atoms with Crippen molar-refractivity contribution in [3.8, 4) is 0 Å². The predicted molar refractivity (Wildman–Crippen MR) is 57.5 cm³/mol. The van der Waals surface area contributed by atoms with Crippen molar-refractivity contribution in [2.75, 3.05) is 0 Å². The van der Waals surface area contributed by atoms with E-state index < -0.39 is 6.10 Å². The Balaban J connectivity index is 2.53. The zero-order valence-corrected chi connectivity index (χ0v) is 9.27. The molecule has 0 bridgehead atoms. The first-order chi connectivity index (χ1) is 7.19. The summed E-state index contributed by atoms with van der Waals surface area (Å²) in [6, 6.07) is 1.75. The van der Waals surface area contributed by atoms with Crippen LogP contribution in [0.1, 0.15) is 32.3 Å². The van der Waals surface area contributed by atoms with Crippen molar-refractivity contribution in [3.63, 3.8) is 0 Å². The molecule has 15 heavy (non-hydrogen) atoms. The lowest BCUT2D eigenvalue weighted by Crippen LogP contribution is -2.30. The van der Waals surface area contributed by atoms with E-state index in [0.717, 1.165) is 18.4 Å². The van der Waals surface area contributed by atoms with Gasteiger partial charge in [0.1, 0.15) is 6.10 Å². The number of hydrogen-bond acceptors (Lipinski definition) is 3. The van der Waals surface area contributed by atoms with Crippen LogP contribution in [-0.2, 0) is 11.2 Å². The van der Waals surface area contributed by atoms with Crippen molar-refractivity contribution in [1.82, 2.24) is 0 Å². The van der Waals surface area contributed by atoms with Gasteiger partial charge in [0.2, 0.25) is 0 Å². The first-order valence-corrected chi connectivity index (χ1v) is 5.40. The van der Waals surface area contributed by atoms with Gasteiger partial charge in [0, 0.05) is 6.42 Å². The first kappa shape index (κ1) is 12.0. The molecule has 1 N–H and O–H groups in total. The topological polar surface area (TPSA) is 50.4 Å². The summed E-state index contributed by atoms with van der Waals surface area (Å²) in [4.78, 5) is 11.7. The number of ketones is 1. The summed E-state index contributed by atoms with van der Waals surface area (Å²) in [5.41, 5.74) is 0.824. The van der Waals surface area contributed by atoms with Gasteiger partial charge in [-0.1, -0.05) is 26.7 Å². The van der Waals surface area contributed by atoms with Crippen molar-refractivity contribution in [2.45, 2.75) is 39.2 Å². The number of aliphatic hydroxyl groups excluding tert-OH is 1. The van der Waals surface area contributed by atoms with Crippen LogP contribution in [0, 0.1) is 5.92 Å². The predicted octanol–water partition coefficient (Wildman–Crippen LogP) is 2.19. The summed E-state index contributed by atoms with van der Waals surface area (Å²) < 4.78 is 4.87. The maximum absolute atomic E-state index is 11.7. The zero-order valence-electron chi connectivity index (χ0n) is 9.27. The molecule has 1 unspecified atom stereocenters. The van der Waals surface area contributed by atoms with E-state index in [9.17, 15) is 9.90 Å². The molecule has 0 radical (unpaired) electrons. The third-order valence-corrected chi connectivity index (χ3v) is 2.78. The molecule has 0 aliphatic carbocycles. The molecule has 84 valence electrons. The molecular formula is C12H18O3. The number of Topliss-reactive ketones (excluding diaryl/α,β-unsaturated/α-hetero) is 1. The lowest BCUT2D eigenvalue weighted by Gasteiger charge is -2.18. The number of carbonyl (C=O) groups excluding carboxylic acids is 1. The molecule has 0 saturated heterocycles. The van der Waals surface area contributed by atoms with Gasteiger partial charge in [-0.2, -0.15) is 0 Å². The molecular weight excluding hydrogens is 192 g/mol. The van der Waals surface area contributed by atoms with Crippen LogP contribution >= 0.6 is 0 Å². The zero-order chi connectivity index (χ0) is 11.3. The maximum Gasteiger partial charge on any atom is 0.166 e. The summed E-state index contributed by atoms with van der Waals surface area (Å²) in [7, 11) is 0. The number of furan rings is 1. The fraction of sp³-hybridized carbons (Fsp3) is 0.583. The molecule has 1 atom stereocenters. The van der Waals surface area contributed by atoms with E-state index in [4.69, 9.17) is 4.42 Å². The van der Waals surface area contributed by atoms with E-state index in [0.29, 0.717) is 0 Å². The van der Waals surface area contributed by atoms with Gasteiger partial charge < -0.3 is 9.52 Å². The summed E-state index contributed by atoms with van der Waals surface area (Å²) in [5, 5.41) is 9.80. The van der Waals surface area contributed by atoms with Gasteiger partial charge in [-0.25, -0.2) is 0 Å². The first-order valence-electron chi connectivity index (χ1n) is 5.40. The fourth-order valence-corrected chi connectivity index (χ4v) is 1.70. The summed E-state index contributed by atoms with van der Waals surface area (Å²) >= 11 is 0. The van der Waals surface area contributed by atoms with Crippen molar-refractivity contribution >= 4 is 5.78 Å². The molecule has 0 amide bonds. The minimum Gasteiger partial charge on any atom is -0.472 e. The van der Waals surface area contributed by atoms with E-state index in [1.165, 1.54) is 12.5 Å². The number of hydrogen-bond donors (Lipinski definition) is 1. The lowest BCUT2D eigenvalue weighted by atomic mass is 9.91. The van der Waals surface area contributed by atoms with Crippen LogP contribution < -0.4 is 0 Å². The van der Waals surface area contributed by atoms with Crippen LogP contribution in [-0.4, -0.2) is 17.0 Å². The Morgan fingerprint density at radius 2 is 2.13 bits per heavy atom. The Kier molecular flexibility index (Phi) is 4.56. The highest BCUT2D eigenvalue weighted by Gasteiger charge is 2.23. The number of carbonyl (C=O) groups is 1. The van der Waals surface area contributed by atoms with E-state index in [1.807, 2.05) is 13.8 Å². The van der Waals surface area contributed by atoms with E-state index in [-0.39, 0.29) is 18.1 Å². The molecule has 0 aliphatic rings. The molecule has 0 saturated carbocycles. The minimum atomic E-state index is -0.838. The van der Waals surface area contributed by atoms with Gasteiger partial charge in [-0.15, -0.1) is 0 Å². The molecule has 0 spiro atoms. The monoisotopic (exact) mass is 210 g/mol. The van der Waals surface area contributed by atoms with Gasteiger partial charge in [-0.3, -0.25) is 4.79 Å². The molecule has 3 nitrogen and oxygen atoms in total. The highest BCUT2D eigenvalue weighted by molar-refractivity contribution is 5.85. The number of aliphatic hydroxyl groups is 1. The quantitative estimate of drug-likeness (QED) is 0.783. The van der Waals surface area contributed by atoms with Crippen LogP contribution in [0.3, 0.4) is 0 Å². The average Bonchev–Trinajstić information content (AvgIpc) is 2.72. The Morgan fingerprint density at radius 1 is 1.47 bits per heavy atom. The van der Waals surface area contributed by atoms with Crippen LogP contribution in [0.2, 0.25) is 0 Å². The van der Waals surface area contributed by atoms with Crippen LogP contribution in [0.4, 0.5) is 0 Å². The lowest BCUT2D eigenvalue weighted by molar-refractivity contribution is -0.129. The van der Waals surface area contributed by atoms with Crippen LogP contribution in [0.25, 0.3) is 0 Å². The van der Waals surface area contributed by atoms with Crippen molar-refractivity contribution in [3.05, 3.63) is 24.2 Å². The molecule has 1 heterocycles. The van der Waals surface area contributed by atoms with Crippen molar-refractivity contribution < 1.29 is 14.3 Å². The standard InChI is InChI=1S/C12H18O3/c1-3-10(4-2)12(14)11(13)7-9-5-6-15-8-9/h5-6,8,10,12,14H,3-4,7H2,1-2H3. The molecule has 1 rings (SSSR count). The second kappa shape index (κ2) is 5.71. The highest BCUT2D eigenvalue weighted by Crippen LogP contribution is 2.15. The third-order valence-electron chi connectivity index (χ3n) is 2.78. The Labute approximate surface area is 90.1 Å². The normalized spacial score (nSPS) is 13.1. The number of rotatable bonds is 6. The van der Waals surface area contributed by atoms with Crippen molar-refractivity contribution in [1.29, 1.82) is 0 Å². The maximum atomic E-state index is 11.7. The van der Waals surface area contributed by atoms with Gasteiger partial charge in [0.05, 0.1) is 12.5 Å². The summed E-state index contributed by atoms with van der Waals surface area (Å²) in [6.07, 6.45) is 4.15. The van der Waals surface area contributed by atoms with Crippen LogP contribution in [0.15, 0.2) is 23.0 Å². The second-order valence-corrected chi connectivity index (χ2v) is 3.80. The Hall–Kier alpha value is -1.09. The van der Waals surface area contributed by atoms with Crippen molar-refractivity contribution in [2.24, 2.45) is 5.92 Å². The molecule has 1 aromatic heterocycles. The summed E-state index contributed by atoms with van der Waals surface area (Å²) in [5.74, 6) is -0.0468.